The maximum atomic E-state index is 13.8. The number of halogens is 3. The number of anilines is 1. The number of hydrogen-bond acceptors (Lipinski definition) is 4. The Morgan fingerprint density at radius 3 is 2.50 bits per heavy atom. The topological polar surface area (TPSA) is 78.8 Å². The number of carbonyl (C=O) groups is 1. The summed E-state index contributed by atoms with van der Waals surface area (Å²) in [6.45, 7) is 1.12. The van der Waals surface area contributed by atoms with Gasteiger partial charge in [0.2, 0.25) is 0 Å². The SMILES string of the molecule is Cc1ccc(Cl)cc1N(CC(=O)N/N=C/c1c(F)cccc1Cl)S(=O)(=O)c1ccccc1. The fourth-order valence-corrected chi connectivity index (χ4v) is 4.72. The first-order chi connectivity index (χ1) is 15.2. The van der Waals surface area contributed by atoms with Gasteiger partial charge in [-0.25, -0.2) is 18.2 Å². The van der Waals surface area contributed by atoms with Gasteiger partial charge in [0.15, 0.2) is 0 Å². The molecule has 3 aromatic carbocycles. The molecule has 32 heavy (non-hydrogen) atoms. The van der Waals surface area contributed by atoms with E-state index < -0.39 is 28.3 Å². The molecule has 10 heteroatoms. The second-order valence-electron chi connectivity index (χ2n) is 6.68. The largest absolute Gasteiger partial charge is 0.271 e. The molecule has 0 atom stereocenters. The van der Waals surface area contributed by atoms with Gasteiger partial charge in [0, 0.05) is 10.6 Å². The van der Waals surface area contributed by atoms with E-state index >= 15 is 0 Å². The lowest BCUT2D eigenvalue weighted by atomic mass is 10.2. The molecule has 0 aliphatic rings. The summed E-state index contributed by atoms with van der Waals surface area (Å²) in [5, 5.41) is 4.14. The second kappa shape index (κ2) is 10.1. The van der Waals surface area contributed by atoms with E-state index in [-0.39, 0.29) is 21.2 Å². The summed E-state index contributed by atoms with van der Waals surface area (Å²) >= 11 is 12.0. The normalized spacial score (nSPS) is 11.5. The van der Waals surface area contributed by atoms with Gasteiger partial charge in [0.05, 0.1) is 21.8 Å². The van der Waals surface area contributed by atoms with Crippen LogP contribution < -0.4 is 9.73 Å². The van der Waals surface area contributed by atoms with Gasteiger partial charge in [-0.2, -0.15) is 5.10 Å². The lowest BCUT2D eigenvalue weighted by Crippen LogP contribution is -2.40. The standard InChI is InChI=1S/C22H18Cl2FN3O3S/c1-15-10-11-16(23)12-21(15)28(32(30,31)17-6-3-2-4-7-17)14-22(29)27-26-13-18-19(24)8-5-9-20(18)25/h2-13H,14H2,1H3,(H,27,29)/b26-13+. The first kappa shape index (κ1) is 23.7. The minimum atomic E-state index is -4.10. The molecule has 1 amide bonds. The average Bonchev–Trinajstić information content (AvgIpc) is 2.76. The minimum Gasteiger partial charge on any atom is -0.271 e. The number of nitrogens with one attached hydrogen (secondary N) is 1. The third kappa shape index (κ3) is 5.45. The van der Waals surface area contributed by atoms with Crippen LogP contribution in [0, 0.1) is 12.7 Å². The van der Waals surface area contributed by atoms with Crippen LogP contribution in [0.1, 0.15) is 11.1 Å². The van der Waals surface area contributed by atoms with Gasteiger partial charge in [-0.15, -0.1) is 0 Å². The number of nitrogens with zero attached hydrogens (tertiary/aromatic N) is 2. The van der Waals surface area contributed by atoms with Crippen LogP contribution in [0.5, 0.6) is 0 Å². The third-order valence-corrected chi connectivity index (χ3v) is 6.78. The quantitative estimate of drug-likeness (QED) is 0.379. The molecule has 0 unspecified atom stereocenters. The van der Waals surface area contributed by atoms with Crippen LogP contribution in [0.4, 0.5) is 10.1 Å². The molecule has 3 aromatic rings. The van der Waals surface area contributed by atoms with Crippen molar-refractivity contribution < 1.29 is 17.6 Å². The predicted octanol–water partition coefficient (Wildman–Crippen LogP) is 4.79. The van der Waals surface area contributed by atoms with E-state index in [1.165, 1.54) is 36.4 Å². The number of aryl methyl sites for hydroxylation is 1. The molecular formula is C22H18Cl2FN3O3S. The van der Waals surface area contributed by atoms with Gasteiger partial charge in [-0.05, 0) is 48.9 Å². The Bertz CT molecular complexity index is 1250. The van der Waals surface area contributed by atoms with E-state index in [1.807, 2.05) is 0 Å². The smallest absolute Gasteiger partial charge is 0.264 e. The van der Waals surface area contributed by atoms with Crippen LogP contribution in [0.3, 0.4) is 0 Å². The molecule has 166 valence electrons. The van der Waals surface area contributed by atoms with Crippen molar-refractivity contribution in [3.8, 4) is 0 Å². The fraction of sp³-hybridized carbons (Fsp3) is 0.0909. The number of carbonyl (C=O) groups excluding carboxylic acids is 1. The molecule has 1 N–H and O–H groups in total. The Morgan fingerprint density at radius 2 is 1.81 bits per heavy atom. The monoisotopic (exact) mass is 493 g/mol. The van der Waals surface area contributed by atoms with Crippen LogP contribution >= 0.6 is 23.2 Å². The van der Waals surface area contributed by atoms with Gasteiger partial charge in [0.25, 0.3) is 15.9 Å². The van der Waals surface area contributed by atoms with Gasteiger partial charge >= 0.3 is 0 Å². The maximum Gasteiger partial charge on any atom is 0.264 e. The summed E-state index contributed by atoms with van der Waals surface area (Å²) in [5.74, 6) is -1.36. The third-order valence-electron chi connectivity index (χ3n) is 4.44. The predicted molar refractivity (Wildman–Crippen MR) is 124 cm³/mol. The Hall–Kier alpha value is -2.94. The molecule has 0 heterocycles. The van der Waals surface area contributed by atoms with E-state index in [2.05, 4.69) is 10.5 Å². The van der Waals surface area contributed by atoms with Crippen LogP contribution in [0.15, 0.2) is 76.7 Å². The zero-order chi connectivity index (χ0) is 23.3. The zero-order valence-corrected chi connectivity index (χ0v) is 19.1. The fourth-order valence-electron chi connectivity index (χ4n) is 2.84. The molecule has 0 saturated heterocycles. The molecule has 0 aromatic heterocycles. The summed E-state index contributed by atoms with van der Waals surface area (Å²) in [6.07, 6.45) is 1.05. The highest BCUT2D eigenvalue weighted by atomic mass is 35.5. The van der Waals surface area contributed by atoms with Crippen molar-refractivity contribution in [2.75, 3.05) is 10.8 Å². The average molecular weight is 494 g/mol. The molecule has 0 radical (unpaired) electrons. The first-order valence-corrected chi connectivity index (χ1v) is 11.5. The van der Waals surface area contributed by atoms with Crippen LogP contribution in [0.25, 0.3) is 0 Å². The molecular weight excluding hydrogens is 476 g/mol. The van der Waals surface area contributed by atoms with Crippen molar-refractivity contribution in [1.29, 1.82) is 0 Å². The summed E-state index contributed by atoms with van der Waals surface area (Å²) in [4.78, 5) is 12.6. The Balaban J connectivity index is 1.90. The number of rotatable bonds is 7. The van der Waals surface area contributed by atoms with E-state index in [1.54, 1.807) is 37.3 Å². The molecule has 0 spiro atoms. The van der Waals surface area contributed by atoms with E-state index in [0.29, 0.717) is 10.6 Å². The Labute approximate surface area is 195 Å². The number of sulfonamides is 1. The van der Waals surface area contributed by atoms with Crippen LogP contribution in [-0.2, 0) is 14.8 Å². The molecule has 0 fully saturated rings. The van der Waals surface area contributed by atoms with Crippen molar-refractivity contribution in [1.82, 2.24) is 5.43 Å². The van der Waals surface area contributed by atoms with Crippen molar-refractivity contribution >= 4 is 51.0 Å². The summed E-state index contributed by atoms with van der Waals surface area (Å²) < 4.78 is 41.4. The van der Waals surface area contributed by atoms with Crippen molar-refractivity contribution in [2.24, 2.45) is 5.10 Å². The number of amides is 1. The first-order valence-electron chi connectivity index (χ1n) is 9.30. The van der Waals surface area contributed by atoms with Crippen molar-refractivity contribution in [3.05, 3.63) is 93.7 Å². The van der Waals surface area contributed by atoms with Gasteiger partial charge in [-0.3, -0.25) is 9.10 Å². The molecule has 0 aliphatic heterocycles. The molecule has 3 rings (SSSR count). The summed E-state index contributed by atoms with van der Waals surface area (Å²) in [5.41, 5.74) is 3.05. The van der Waals surface area contributed by atoms with Gasteiger partial charge < -0.3 is 0 Å². The van der Waals surface area contributed by atoms with E-state index in [4.69, 9.17) is 23.2 Å². The number of benzene rings is 3. The lowest BCUT2D eigenvalue weighted by Gasteiger charge is -2.25. The van der Waals surface area contributed by atoms with Crippen molar-refractivity contribution in [2.45, 2.75) is 11.8 Å². The molecule has 0 saturated carbocycles. The van der Waals surface area contributed by atoms with E-state index in [0.717, 1.165) is 10.5 Å². The molecule has 0 bridgehead atoms. The number of hydrazone groups is 1. The summed E-state index contributed by atoms with van der Waals surface area (Å²) in [7, 11) is -4.10. The Morgan fingerprint density at radius 1 is 1.09 bits per heavy atom. The molecule has 0 aliphatic carbocycles. The highest BCUT2D eigenvalue weighted by Crippen LogP contribution is 2.29. The minimum absolute atomic E-state index is 0.00563. The number of hydrogen-bond donors (Lipinski definition) is 1. The maximum absolute atomic E-state index is 13.8. The lowest BCUT2D eigenvalue weighted by molar-refractivity contribution is -0.119. The zero-order valence-electron chi connectivity index (χ0n) is 16.8. The second-order valence-corrected chi connectivity index (χ2v) is 9.39. The van der Waals surface area contributed by atoms with Crippen LogP contribution in [-0.4, -0.2) is 27.1 Å². The van der Waals surface area contributed by atoms with E-state index in [9.17, 15) is 17.6 Å². The van der Waals surface area contributed by atoms with Gasteiger partial charge in [0.1, 0.15) is 12.4 Å². The highest BCUT2D eigenvalue weighted by Gasteiger charge is 2.28. The molecule has 6 nitrogen and oxygen atoms in total. The summed E-state index contributed by atoms with van der Waals surface area (Å²) in [6, 6.07) is 16.6. The Kier molecular flexibility index (Phi) is 7.50. The highest BCUT2D eigenvalue weighted by molar-refractivity contribution is 7.92. The van der Waals surface area contributed by atoms with Crippen molar-refractivity contribution in [3.63, 3.8) is 0 Å². The van der Waals surface area contributed by atoms with Crippen LogP contribution in [0.2, 0.25) is 10.0 Å². The van der Waals surface area contributed by atoms with Gasteiger partial charge in [-0.1, -0.05) is 53.5 Å².